The molecule has 7 heteroatoms. The Morgan fingerprint density at radius 3 is 2.85 bits per heavy atom. The number of ether oxygens (including phenoxy) is 2. The summed E-state index contributed by atoms with van der Waals surface area (Å²) < 4.78 is 10.5. The molecule has 7 nitrogen and oxygen atoms in total. The van der Waals surface area contributed by atoms with Crippen LogP contribution in [0.4, 0.5) is 5.69 Å². The van der Waals surface area contributed by atoms with Gasteiger partial charge in [0.15, 0.2) is 0 Å². The summed E-state index contributed by atoms with van der Waals surface area (Å²) in [6, 6.07) is 7.80. The van der Waals surface area contributed by atoms with E-state index in [1.165, 1.54) is 25.4 Å². The minimum absolute atomic E-state index is 0.0872. The number of nitro groups is 1. The molecule has 0 aliphatic rings. The van der Waals surface area contributed by atoms with E-state index in [1.807, 2.05) is 0 Å². The fraction of sp³-hybridized carbons (Fsp3) is 0.154. The van der Waals surface area contributed by atoms with E-state index >= 15 is 0 Å². The number of nitrogens with two attached hydrogens (primary N) is 1. The van der Waals surface area contributed by atoms with Crippen LogP contribution >= 0.6 is 0 Å². The first-order valence-corrected chi connectivity index (χ1v) is 5.80. The summed E-state index contributed by atoms with van der Waals surface area (Å²) in [7, 11) is 1.44. The standard InChI is InChI=1S/C13H13N3O4/c1-19-10-4-5-12(11(7-10)16(17)18)20-13-9(8-14)3-2-6-15-13/h2-7H,8,14H2,1H3. The van der Waals surface area contributed by atoms with Crippen LogP contribution in [0.5, 0.6) is 17.4 Å². The molecule has 0 amide bonds. The van der Waals surface area contributed by atoms with Gasteiger partial charge < -0.3 is 15.2 Å². The van der Waals surface area contributed by atoms with Crippen molar-refractivity contribution >= 4 is 5.69 Å². The molecule has 0 spiro atoms. The van der Waals surface area contributed by atoms with Crippen LogP contribution in [-0.2, 0) is 6.54 Å². The van der Waals surface area contributed by atoms with Gasteiger partial charge in [-0.15, -0.1) is 0 Å². The number of benzene rings is 1. The number of hydrogen-bond donors (Lipinski definition) is 1. The Morgan fingerprint density at radius 1 is 1.40 bits per heavy atom. The summed E-state index contributed by atoms with van der Waals surface area (Å²) in [6.45, 7) is 0.229. The van der Waals surface area contributed by atoms with Gasteiger partial charge in [-0.3, -0.25) is 10.1 Å². The number of rotatable bonds is 5. The molecule has 0 saturated heterocycles. The molecule has 0 bridgehead atoms. The normalized spacial score (nSPS) is 10.1. The second kappa shape index (κ2) is 5.98. The van der Waals surface area contributed by atoms with E-state index in [-0.39, 0.29) is 23.9 Å². The van der Waals surface area contributed by atoms with Crippen molar-refractivity contribution < 1.29 is 14.4 Å². The Bertz CT molecular complexity index is 631. The van der Waals surface area contributed by atoms with Crippen molar-refractivity contribution in [3.63, 3.8) is 0 Å². The minimum Gasteiger partial charge on any atom is -0.496 e. The van der Waals surface area contributed by atoms with Crippen molar-refractivity contribution in [3.8, 4) is 17.4 Å². The van der Waals surface area contributed by atoms with Crippen LogP contribution < -0.4 is 15.2 Å². The van der Waals surface area contributed by atoms with Gasteiger partial charge in [-0.25, -0.2) is 4.98 Å². The maximum absolute atomic E-state index is 11.1. The van der Waals surface area contributed by atoms with E-state index in [0.29, 0.717) is 11.3 Å². The van der Waals surface area contributed by atoms with Crippen molar-refractivity contribution in [2.75, 3.05) is 7.11 Å². The Labute approximate surface area is 115 Å². The van der Waals surface area contributed by atoms with Gasteiger partial charge in [0.1, 0.15) is 5.75 Å². The zero-order valence-corrected chi connectivity index (χ0v) is 10.8. The van der Waals surface area contributed by atoms with E-state index in [0.717, 1.165) is 0 Å². The Kier molecular flexibility index (Phi) is 4.11. The zero-order chi connectivity index (χ0) is 14.5. The third kappa shape index (κ3) is 2.83. The summed E-state index contributed by atoms with van der Waals surface area (Å²) in [5.74, 6) is 0.719. The summed E-state index contributed by atoms with van der Waals surface area (Å²) in [5, 5.41) is 11.1. The van der Waals surface area contributed by atoms with Gasteiger partial charge in [0.2, 0.25) is 11.6 Å². The van der Waals surface area contributed by atoms with Crippen LogP contribution in [0, 0.1) is 10.1 Å². The van der Waals surface area contributed by atoms with Crippen molar-refractivity contribution in [1.82, 2.24) is 4.98 Å². The first-order valence-electron chi connectivity index (χ1n) is 5.80. The molecule has 104 valence electrons. The molecule has 20 heavy (non-hydrogen) atoms. The molecule has 1 heterocycles. The quantitative estimate of drug-likeness (QED) is 0.663. The van der Waals surface area contributed by atoms with Gasteiger partial charge in [-0.1, -0.05) is 6.07 Å². The predicted molar refractivity (Wildman–Crippen MR) is 71.9 cm³/mol. The van der Waals surface area contributed by atoms with Crippen LogP contribution in [0.15, 0.2) is 36.5 Å². The van der Waals surface area contributed by atoms with E-state index < -0.39 is 4.92 Å². The molecule has 0 saturated carbocycles. The minimum atomic E-state index is -0.539. The third-order valence-corrected chi connectivity index (χ3v) is 2.64. The number of hydrogen-bond acceptors (Lipinski definition) is 6. The summed E-state index contributed by atoms with van der Waals surface area (Å²) in [5.41, 5.74) is 6.04. The lowest BCUT2D eigenvalue weighted by molar-refractivity contribution is -0.385. The maximum atomic E-state index is 11.1. The molecule has 0 fully saturated rings. The lowest BCUT2D eigenvalue weighted by Gasteiger charge is -2.09. The van der Waals surface area contributed by atoms with E-state index in [9.17, 15) is 10.1 Å². The van der Waals surface area contributed by atoms with Crippen LogP contribution in [0.2, 0.25) is 0 Å². The molecule has 1 aromatic heterocycles. The van der Waals surface area contributed by atoms with Crippen molar-refractivity contribution in [2.45, 2.75) is 6.54 Å². The Morgan fingerprint density at radius 2 is 2.20 bits per heavy atom. The van der Waals surface area contributed by atoms with Crippen molar-refractivity contribution in [1.29, 1.82) is 0 Å². The molecule has 0 aliphatic carbocycles. The Balaban J connectivity index is 2.40. The first kappa shape index (κ1) is 13.8. The number of nitrogens with zero attached hydrogens (tertiary/aromatic N) is 2. The van der Waals surface area contributed by atoms with Crippen LogP contribution in [0.1, 0.15) is 5.56 Å². The predicted octanol–water partition coefficient (Wildman–Crippen LogP) is 2.25. The summed E-state index contributed by atoms with van der Waals surface area (Å²) >= 11 is 0. The number of aromatic nitrogens is 1. The number of methoxy groups -OCH3 is 1. The highest BCUT2D eigenvalue weighted by Gasteiger charge is 2.18. The monoisotopic (exact) mass is 275 g/mol. The molecular weight excluding hydrogens is 262 g/mol. The maximum Gasteiger partial charge on any atom is 0.315 e. The van der Waals surface area contributed by atoms with Crippen molar-refractivity contribution in [3.05, 3.63) is 52.2 Å². The largest absolute Gasteiger partial charge is 0.496 e. The SMILES string of the molecule is COc1ccc(Oc2ncccc2CN)c([N+](=O)[O-])c1. The van der Waals surface area contributed by atoms with Gasteiger partial charge >= 0.3 is 5.69 Å². The average molecular weight is 275 g/mol. The molecule has 0 atom stereocenters. The summed E-state index contributed by atoms with van der Waals surface area (Å²) in [4.78, 5) is 14.6. The molecule has 2 rings (SSSR count). The topological polar surface area (TPSA) is 101 Å². The summed E-state index contributed by atoms with van der Waals surface area (Å²) in [6.07, 6.45) is 1.53. The first-order chi connectivity index (χ1) is 9.65. The molecule has 1 aromatic carbocycles. The molecule has 2 aromatic rings. The molecule has 0 aliphatic heterocycles. The van der Waals surface area contributed by atoms with E-state index in [2.05, 4.69) is 4.98 Å². The highest BCUT2D eigenvalue weighted by atomic mass is 16.6. The van der Waals surface area contributed by atoms with Crippen LogP contribution in [0.3, 0.4) is 0 Å². The van der Waals surface area contributed by atoms with Crippen molar-refractivity contribution in [2.24, 2.45) is 5.73 Å². The number of nitro benzene ring substituents is 1. The fourth-order valence-electron chi connectivity index (χ4n) is 1.63. The van der Waals surface area contributed by atoms with Gasteiger partial charge in [-0.2, -0.15) is 0 Å². The molecular formula is C13H13N3O4. The lowest BCUT2D eigenvalue weighted by Crippen LogP contribution is -2.02. The smallest absolute Gasteiger partial charge is 0.315 e. The third-order valence-electron chi connectivity index (χ3n) is 2.64. The van der Waals surface area contributed by atoms with Gasteiger partial charge in [0.05, 0.1) is 18.1 Å². The second-order valence-electron chi connectivity index (χ2n) is 3.86. The van der Waals surface area contributed by atoms with Crippen LogP contribution in [0.25, 0.3) is 0 Å². The van der Waals surface area contributed by atoms with E-state index in [4.69, 9.17) is 15.2 Å². The molecule has 0 unspecified atom stereocenters. The average Bonchev–Trinajstić information content (AvgIpc) is 2.48. The molecule has 0 radical (unpaired) electrons. The van der Waals surface area contributed by atoms with Gasteiger partial charge in [0, 0.05) is 18.3 Å². The van der Waals surface area contributed by atoms with Gasteiger partial charge in [-0.05, 0) is 18.2 Å². The van der Waals surface area contributed by atoms with Crippen LogP contribution in [-0.4, -0.2) is 17.0 Å². The second-order valence-corrected chi connectivity index (χ2v) is 3.86. The van der Waals surface area contributed by atoms with Gasteiger partial charge in [0.25, 0.3) is 0 Å². The fourth-order valence-corrected chi connectivity index (χ4v) is 1.63. The Hall–Kier alpha value is -2.67. The lowest BCUT2D eigenvalue weighted by atomic mass is 10.2. The highest BCUT2D eigenvalue weighted by molar-refractivity contribution is 5.52. The highest BCUT2D eigenvalue weighted by Crippen LogP contribution is 2.34. The number of pyridine rings is 1. The zero-order valence-electron chi connectivity index (χ0n) is 10.8. The molecule has 2 N–H and O–H groups in total. The van der Waals surface area contributed by atoms with E-state index in [1.54, 1.807) is 18.2 Å².